The number of amides is 1. The lowest BCUT2D eigenvalue weighted by molar-refractivity contribution is 0.0692. The Morgan fingerprint density at radius 2 is 2.04 bits per heavy atom. The molecule has 1 aromatic heterocycles. The Bertz CT molecular complexity index is 772. The van der Waals surface area contributed by atoms with E-state index in [2.05, 4.69) is 5.32 Å². The maximum absolute atomic E-state index is 13.6. The average molecular weight is 362 g/mol. The standard InChI is InChI=1S/C19H20F2N2OS/c20-15-2-1-14(9-16(15)21)18(24)23(11-13-3-8-25-12-13)17-10-19(17)4-6-22-7-5-19/h1-3,8-9,12,17,22H,4-7,10-11H2. The summed E-state index contributed by atoms with van der Waals surface area (Å²) in [5, 5.41) is 7.39. The summed E-state index contributed by atoms with van der Waals surface area (Å²) in [6.07, 6.45) is 3.11. The van der Waals surface area contributed by atoms with Gasteiger partial charge in [0.15, 0.2) is 11.6 Å². The first-order valence-corrected chi connectivity index (χ1v) is 9.51. The number of nitrogens with one attached hydrogen (secondary N) is 1. The van der Waals surface area contributed by atoms with Gasteiger partial charge in [-0.25, -0.2) is 8.78 Å². The molecule has 132 valence electrons. The second kappa shape index (κ2) is 6.50. The van der Waals surface area contributed by atoms with Crippen LogP contribution in [0, 0.1) is 17.0 Å². The molecule has 25 heavy (non-hydrogen) atoms. The molecule has 2 aliphatic rings. The zero-order valence-corrected chi connectivity index (χ0v) is 14.6. The van der Waals surface area contributed by atoms with Crippen LogP contribution < -0.4 is 5.32 Å². The van der Waals surface area contributed by atoms with Crippen molar-refractivity contribution in [3.05, 3.63) is 57.8 Å². The van der Waals surface area contributed by atoms with E-state index in [0.717, 1.165) is 50.0 Å². The number of benzene rings is 1. The molecule has 2 fully saturated rings. The fourth-order valence-electron chi connectivity index (χ4n) is 3.93. The number of rotatable bonds is 4. The summed E-state index contributed by atoms with van der Waals surface area (Å²) < 4.78 is 26.8. The monoisotopic (exact) mass is 362 g/mol. The van der Waals surface area contributed by atoms with Gasteiger partial charge in [-0.3, -0.25) is 4.79 Å². The van der Waals surface area contributed by atoms with E-state index in [1.54, 1.807) is 11.3 Å². The van der Waals surface area contributed by atoms with E-state index in [-0.39, 0.29) is 22.9 Å². The smallest absolute Gasteiger partial charge is 0.254 e. The number of nitrogens with zero attached hydrogens (tertiary/aromatic N) is 1. The van der Waals surface area contributed by atoms with Crippen LogP contribution in [0.2, 0.25) is 0 Å². The van der Waals surface area contributed by atoms with Gasteiger partial charge in [0.2, 0.25) is 0 Å². The molecular weight excluding hydrogens is 342 g/mol. The van der Waals surface area contributed by atoms with Crippen molar-refractivity contribution < 1.29 is 13.6 Å². The molecule has 2 heterocycles. The number of hydrogen-bond acceptors (Lipinski definition) is 3. The molecule has 6 heteroatoms. The number of carbonyl (C=O) groups excluding carboxylic acids is 1. The Morgan fingerprint density at radius 1 is 1.24 bits per heavy atom. The normalized spacial score (nSPS) is 21.3. The van der Waals surface area contributed by atoms with E-state index in [4.69, 9.17) is 0 Å². The van der Waals surface area contributed by atoms with E-state index in [1.807, 2.05) is 21.7 Å². The van der Waals surface area contributed by atoms with Crippen molar-refractivity contribution in [2.75, 3.05) is 13.1 Å². The van der Waals surface area contributed by atoms with Gasteiger partial charge in [0.1, 0.15) is 0 Å². The molecule has 2 aromatic rings. The lowest BCUT2D eigenvalue weighted by Crippen LogP contribution is -2.39. The largest absolute Gasteiger partial charge is 0.331 e. The van der Waals surface area contributed by atoms with Crippen LogP contribution in [0.1, 0.15) is 35.2 Å². The minimum absolute atomic E-state index is 0.176. The number of carbonyl (C=O) groups is 1. The Balaban J connectivity index is 1.61. The van der Waals surface area contributed by atoms with Crippen molar-refractivity contribution in [2.24, 2.45) is 5.41 Å². The molecular formula is C19H20F2N2OS. The van der Waals surface area contributed by atoms with Gasteiger partial charge in [0, 0.05) is 18.2 Å². The van der Waals surface area contributed by atoms with Gasteiger partial charge < -0.3 is 10.2 Å². The number of piperidine rings is 1. The second-order valence-electron chi connectivity index (χ2n) is 7.03. The van der Waals surface area contributed by atoms with Crippen LogP contribution in [0.4, 0.5) is 8.78 Å². The van der Waals surface area contributed by atoms with Gasteiger partial charge >= 0.3 is 0 Å². The zero-order chi connectivity index (χ0) is 17.4. The van der Waals surface area contributed by atoms with E-state index >= 15 is 0 Å². The molecule has 1 amide bonds. The third-order valence-corrected chi connectivity index (χ3v) is 6.21. The lowest BCUT2D eigenvalue weighted by Gasteiger charge is -2.29. The van der Waals surface area contributed by atoms with Gasteiger partial charge in [0.25, 0.3) is 5.91 Å². The summed E-state index contributed by atoms with van der Waals surface area (Å²) in [5.41, 5.74) is 1.48. The van der Waals surface area contributed by atoms with Crippen molar-refractivity contribution >= 4 is 17.2 Å². The van der Waals surface area contributed by atoms with Crippen molar-refractivity contribution in [1.29, 1.82) is 0 Å². The third-order valence-electron chi connectivity index (χ3n) is 5.48. The van der Waals surface area contributed by atoms with Crippen molar-refractivity contribution in [2.45, 2.75) is 31.8 Å². The van der Waals surface area contributed by atoms with Crippen LogP contribution in [0.5, 0.6) is 0 Å². The number of halogens is 2. The molecule has 1 N–H and O–H groups in total. The molecule has 0 bridgehead atoms. The van der Waals surface area contributed by atoms with E-state index in [9.17, 15) is 13.6 Å². The highest BCUT2D eigenvalue weighted by Crippen LogP contribution is 2.56. The van der Waals surface area contributed by atoms with E-state index in [0.29, 0.717) is 6.54 Å². The fourth-order valence-corrected chi connectivity index (χ4v) is 4.59. The van der Waals surface area contributed by atoms with Crippen LogP contribution in [0.25, 0.3) is 0 Å². The van der Waals surface area contributed by atoms with E-state index in [1.165, 1.54) is 6.07 Å². The minimum atomic E-state index is -0.978. The van der Waals surface area contributed by atoms with Gasteiger partial charge in [0.05, 0.1) is 0 Å². The molecule has 1 unspecified atom stereocenters. The third kappa shape index (κ3) is 3.20. The number of hydrogen-bond donors (Lipinski definition) is 1. The summed E-state index contributed by atoms with van der Waals surface area (Å²) >= 11 is 1.60. The van der Waals surface area contributed by atoms with Crippen LogP contribution in [-0.2, 0) is 6.54 Å². The van der Waals surface area contributed by atoms with Crippen LogP contribution in [0.3, 0.4) is 0 Å². The summed E-state index contributed by atoms with van der Waals surface area (Å²) in [7, 11) is 0. The molecule has 1 saturated heterocycles. The van der Waals surface area contributed by atoms with Gasteiger partial charge in [-0.15, -0.1) is 0 Å². The van der Waals surface area contributed by atoms with Gasteiger partial charge in [-0.05, 0) is 78.4 Å². The van der Waals surface area contributed by atoms with Crippen molar-refractivity contribution in [3.63, 3.8) is 0 Å². The predicted molar refractivity (Wildman–Crippen MR) is 93.5 cm³/mol. The van der Waals surface area contributed by atoms with Crippen molar-refractivity contribution in [1.82, 2.24) is 10.2 Å². The second-order valence-corrected chi connectivity index (χ2v) is 7.81. The minimum Gasteiger partial charge on any atom is -0.331 e. The van der Waals surface area contributed by atoms with Crippen LogP contribution in [-0.4, -0.2) is 29.9 Å². The molecule has 1 aromatic carbocycles. The SMILES string of the molecule is O=C(c1ccc(F)c(F)c1)N(Cc1ccsc1)C1CC12CCNCC2. The average Bonchev–Trinajstić information content (AvgIpc) is 3.06. The topological polar surface area (TPSA) is 32.3 Å². The molecule has 1 aliphatic carbocycles. The Labute approximate surface area is 149 Å². The fraction of sp³-hybridized carbons (Fsp3) is 0.421. The Hall–Kier alpha value is -1.79. The maximum Gasteiger partial charge on any atom is 0.254 e. The first-order chi connectivity index (χ1) is 12.1. The van der Waals surface area contributed by atoms with Crippen LogP contribution >= 0.6 is 11.3 Å². The van der Waals surface area contributed by atoms with Gasteiger partial charge in [-0.1, -0.05) is 0 Å². The quantitative estimate of drug-likeness (QED) is 0.897. The first-order valence-electron chi connectivity index (χ1n) is 8.57. The summed E-state index contributed by atoms with van der Waals surface area (Å²) in [6, 6.07) is 5.59. The first kappa shape index (κ1) is 16.7. The zero-order valence-electron chi connectivity index (χ0n) is 13.8. The molecule has 1 saturated carbocycles. The highest BCUT2D eigenvalue weighted by atomic mass is 32.1. The lowest BCUT2D eigenvalue weighted by atomic mass is 9.93. The summed E-state index contributed by atoms with van der Waals surface area (Å²) in [5.74, 6) is -2.12. The van der Waals surface area contributed by atoms with E-state index < -0.39 is 11.6 Å². The van der Waals surface area contributed by atoms with Crippen LogP contribution in [0.15, 0.2) is 35.0 Å². The number of thiophene rings is 1. The summed E-state index contributed by atoms with van der Waals surface area (Å²) in [6.45, 7) is 2.46. The predicted octanol–water partition coefficient (Wildman–Crippen LogP) is 3.81. The van der Waals surface area contributed by atoms with Gasteiger partial charge in [-0.2, -0.15) is 11.3 Å². The highest BCUT2D eigenvalue weighted by Gasteiger charge is 2.57. The molecule has 1 aliphatic heterocycles. The summed E-state index contributed by atoms with van der Waals surface area (Å²) in [4.78, 5) is 14.9. The molecule has 1 atom stereocenters. The molecule has 0 radical (unpaired) electrons. The Morgan fingerprint density at radius 3 is 2.72 bits per heavy atom. The maximum atomic E-state index is 13.6. The van der Waals surface area contributed by atoms with Crippen molar-refractivity contribution in [3.8, 4) is 0 Å². The Kier molecular flexibility index (Phi) is 4.33. The molecule has 3 nitrogen and oxygen atoms in total. The highest BCUT2D eigenvalue weighted by molar-refractivity contribution is 7.07. The molecule has 1 spiro atoms. The molecule has 4 rings (SSSR count).